The van der Waals surface area contributed by atoms with Gasteiger partial charge in [-0.1, -0.05) is 20.8 Å². The number of carbonyl (C=O) groups excluding carboxylic acids is 2. The molecule has 4 nitrogen and oxygen atoms in total. The van der Waals surface area contributed by atoms with Crippen LogP contribution in [0.5, 0.6) is 0 Å². The Kier molecular flexibility index (Phi) is 4.99. The van der Waals surface area contributed by atoms with E-state index < -0.39 is 5.97 Å². The lowest BCUT2D eigenvalue weighted by Gasteiger charge is -2.59. The Labute approximate surface area is 168 Å². The predicted octanol–water partition coefficient (Wildman–Crippen LogP) is 4.89. The van der Waals surface area contributed by atoms with Crippen LogP contribution in [0.15, 0.2) is 0 Å². The summed E-state index contributed by atoms with van der Waals surface area (Å²) in [7, 11) is 0. The van der Waals surface area contributed by atoms with E-state index in [2.05, 4.69) is 20.8 Å². The van der Waals surface area contributed by atoms with Crippen LogP contribution in [-0.4, -0.2) is 22.6 Å². The van der Waals surface area contributed by atoms with Gasteiger partial charge in [0, 0.05) is 31.6 Å². The van der Waals surface area contributed by atoms with Gasteiger partial charge >= 0.3 is 5.97 Å². The van der Waals surface area contributed by atoms with Crippen LogP contribution < -0.4 is 0 Å². The van der Waals surface area contributed by atoms with Crippen molar-refractivity contribution < 1.29 is 19.5 Å². The number of ketones is 2. The molecule has 0 radical (unpaired) electrons. The molecule has 0 spiro atoms. The van der Waals surface area contributed by atoms with Crippen LogP contribution in [0.2, 0.25) is 0 Å². The van der Waals surface area contributed by atoms with Crippen molar-refractivity contribution in [2.24, 2.45) is 46.3 Å². The molecular weight excluding hydrogens is 352 g/mol. The van der Waals surface area contributed by atoms with Crippen molar-refractivity contribution in [3.05, 3.63) is 0 Å². The van der Waals surface area contributed by atoms with Gasteiger partial charge in [0.2, 0.25) is 0 Å². The molecule has 0 bridgehead atoms. The molecule has 4 aliphatic rings. The van der Waals surface area contributed by atoms with Gasteiger partial charge in [-0.05, 0) is 78.9 Å². The molecule has 0 heterocycles. The van der Waals surface area contributed by atoms with Crippen LogP contribution in [-0.2, 0) is 14.4 Å². The van der Waals surface area contributed by atoms with E-state index >= 15 is 0 Å². The number of rotatable bonds is 4. The van der Waals surface area contributed by atoms with E-state index in [1.54, 1.807) is 0 Å². The molecule has 0 aromatic heterocycles. The van der Waals surface area contributed by atoms with Gasteiger partial charge in [0.1, 0.15) is 11.6 Å². The zero-order chi connectivity index (χ0) is 20.3. The number of carbonyl (C=O) groups is 3. The van der Waals surface area contributed by atoms with Gasteiger partial charge in [-0.25, -0.2) is 0 Å². The Morgan fingerprint density at radius 1 is 1.07 bits per heavy atom. The Balaban J connectivity index is 1.57. The number of hydrogen-bond acceptors (Lipinski definition) is 3. The predicted molar refractivity (Wildman–Crippen MR) is 107 cm³/mol. The first kappa shape index (κ1) is 20.1. The Bertz CT molecular complexity index is 684. The van der Waals surface area contributed by atoms with Crippen molar-refractivity contribution in [1.29, 1.82) is 0 Å². The van der Waals surface area contributed by atoms with Crippen molar-refractivity contribution in [2.45, 2.75) is 85.0 Å². The summed E-state index contributed by atoms with van der Waals surface area (Å²) in [5.41, 5.74) is 0.323. The van der Waals surface area contributed by atoms with Gasteiger partial charge in [-0.2, -0.15) is 0 Å². The molecule has 4 rings (SSSR count). The second kappa shape index (κ2) is 6.95. The number of carboxylic acid groups (broad SMARTS) is 1. The smallest absolute Gasteiger partial charge is 0.303 e. The summed E-state index contributed by atoms with van der Waals surface area (Å²) in [5.74, 6) is 2.33. The van der Waals surface area contributed by atoms with E-state index in [1.807, 2.05) is 0 Å². The van der Waals surface area contributed by atoms with Crippen LogP contribution in [0.4, 0.5) is 0 Å². The van der Waals surface area contributed by atoms with Crippen LogP contribution in [0.25, 0.3) is 0 Å². The van der Waals surface area contributed by atoms with Gasteiger partial charge in [0.15, 0.2) is 0 Å². The lowest BCUT2D eigenvalue weighted by Crippen LogP contribution is -2.57. The highest BCUT2D eigenvalue weighted by molar-refractivity contribution is 5.86. The molecule has 0 aromatic rings. The average molecular weight is 389 g/mol. The third-order valence-electron chi connectivity index (χ3n) is 9.86. The topological polar surface area (TPSA) is 71.4 Å². The molecule has 0 unspecified atom stereocenters. The first-order valence-corrected chi connectivity index (χ1v) is 11.4. The first-order valence-electron chi connectivity index (χ1n) is 11.4. The van der Waals surface area contributed by atoms with Crippen LogP contribution in [0, 0.1) is 46.3 Å². The molecule has 1 N–H and O–H groups in total. The highest BCUT2D eigenvalue weighted by Crippen LogP contribution is 2.67. The first-order chi connectivity index (χ1) is 13.2. The van der Waals surface area contributed by atoms with Crippen molar-refractivity contribution in [1.82, 2.24) is 0 Å². The normalized spacial score (nSPS) is 46.5. The Morgan fingerprint density at radius 2 is 1.79 bits per heavy atom. The third kappa shape index (κ3) is 2.97. The van der Waals surface area contributed by atoms with Gasteiger partial charge in [0.05, 0.1) is 0 Å². The van der Waals surface area contributed by atoms with E-state index in [-0.39, 0.29) is 29.1 Å². The maximum atomic E-state index is 13.3. The zero-order valence-corrected chi connectivity index (χ0v) is 17.7. The SMILES string of the molecule is C[C@H](CCC(=O)O)[C@H]1CC[C@H]2[C@@H]3C(=O)C[C@@H]4CC(=O)CC[C@]4(C)[C@H]3CC[C@]12C. The lowest BCUT2D eigenvalue weighted by atomic mass is 9.44. The molecule has 0 aliphatic heterocycles. The van der Waals surface area contributed by atoms with Crippen molar-refractivity contribution in [3.8, 4) is 0 Å². The number of aliphatic carboxylic acids is 1. The summed E-state index contributed by atoms with van der Waals surface area (Å²) in [5, 5.41) is 9.08. The molecule has 4 fully saturated rings. The quantitative estimate of drug-likeness (QED) is 0.744. The monoisotopic (exact) mass is 388 g/mol. The van der Waals surface area contributed by atoms with Crippen molar-refractivity contribution in [2.75, 3.05) is 0 Å². The minimum absolute atomic E-state index is 0.154. The molecule has 4 aliphatic carbocycles. The van der Waals surface area contributed by atoms with Gasteiger partial charge in [-0.15, -0.1) is 0 Å². The summed E-state index contributed by atoms with van der Waals surface area (Å²) < 4.78 is 0. The Hall–Kier alpha value is -1.19. The number of carboxylic acids is 1. The molecular formula is C24H36O4. The molecule has 156 valence electrons. The molecule has 4 heteroatoms. The fraction of sp³-hybridized carbons (Fsp3) is 0.875. The van der Waals surface area contributed by atoms with Gasteiger partial charge in [0.25, 0.3) is 0 Å². The molecule has 0 aromatic carbocycles. The van der Waals surface area contributed by atoms with Crippen molar-refractivity contribution >= 4 is 17.5 Å². The minimum Gasteiger partial charge on any atom is -0.481 e. The standard InChI is InChI=1S/C24H36O4/c1-14(4-7-21(27)28)17-5-6-18-22-19(9-11-24(17,18)3)23(2)10-8-16(25)12-15(23)13-20(22)26/h14-15,17-19,22H,4-13H2,1-3H3,(H,27,28)/t14-,15+,17-,18+,19+,22+,23+,24-/m1/s1. The zero-order valence-electron chi connectivity index (χ0n) is 17.7. The fourth-order valence-electron chi connectivity index (χ4n) is 8.25. The van der Waals surface area contributed by atoms with E-state index in [9.17, 15) is 14.4 Å². The van der Waals surface area contributed by atoms with E-state index in [1.165, 1.54) is 0 Å². The largest absolute Gasteiger partial charge is 0.481 e. The fourth-order valence-corrected chi connectivity index (χ4v) is 8.25. The second-order valence-corrected chi connectivity index (χ2v) is 11.0. The molecule has 8 atom stereocenters. The van der Waals surface area contributed by atoms with E-state index in [4.69, 9.17) is 5.11 Å². The summed E-state index contributed by atoms with van der Waals surface area (Å²) in [6, 6.07) is 0. The average Bonchev–Trinajstić information content (AvgIpc) is 2.98. The Morgan fingerprint density at radius 3 is 2.50 bits per heavy atom. The number of hydrogen-bond donors (Lipinski definition) is 1. The summed E-state index contributed by atoms with van der Waals surface area (Å²) >= 11 is 0. The second-order valence-electron chi connectivity index (χ2n) is 11.0. The van der Waals surface area contributed by atoms with Crippen LogP contribution >= 0.6 is 0 Å². The van der Waals surface area contributed by atoms with Gasteiger partial charge in [-0.3, -0.25) is 14.4 Å². The highest BCUT2D eigenvalue weighted by Gasteiger charge is 2.63. The summed E-state index contributed by atoms with van der Waals surface area (Å²) in [4.78, 5) is 36.4. The van der Waals surface area contributed by atoms with Crippen LogP contribution in [0.3, 0.4) is 0 Å². The maximum absolute atomic E-state index is 13.3. The highest BCUT2D eigenvalue weighted by atomic mass is 16.4. The molecule has 4 saturated carbocycles. The van der Waals surface area contributed by atoms with Gasteiger partial charge < -0.3 is 5.11 Å². The van der Waals surface area contributed by atoms with Crippen molar-refractivity contribution in [3.63, 3.8) is 0 Å². The van der Waals surface area contributed by atoms with E-state index in [0.717, 1.165) is 38.5 Å². The summed E-state index contributed by atoms with van der Waals surface area (Å²) in [6.07, 6.45) is 8.38. The maximum Gasteiger partial charge on any atom is 0.303 e. The summed E-state index contributed by atoms with van der Waals surface area (Å²) in [6.45, 7) is 6.99. The third-order valence-corrected chi connectivity index (χ3v) is 9.86. The molecule has 28 heavy (non-hydrogen) atoms. The van der Waals surface area contributed by atoms with E-state index in [0.29, 0.717) is 54.5 Å². The van der Waals surface area contributed by atoms with Crippen LogP contribution in [0.1, 0.15) is 85.0 Å². The molecule has 0 saturated heterocycles. The number of Topliss-reactive ketones (excluding diaryl/α,β-unsaturated/α-hetero) is 2. The minimum atomic E-state index is -0.705. The number of fused-ring (bicyclic) bond motifs is 5. The molecule has 0 amide bonds. The lowest BCUT2D eigenvalue weighted by molar-refractivity contribution is -0.159.